The number of ether oxygens (including phenoxy) is 1. The second-order valence-corrected chi connectivity index (χ2v) is 3.51. The van der Waals surface area contributed by atoms with Crippen LogP contribution in [0.5, 0.6) is 5.75 Å². The molecule has 0 atom stereocenters. The first-order chi connectivity index (χ1) is 8.22. The molecule has 0 heterocycles. The molecule has 0 aliphatic heterocycles. The Balaban J connectivity index is 0.00000289. The van der Waals surface area contributed by atoms with Crippen molar-refractivity contribution in [3.8, 4) is 5.75 Å². The SMILES string of the molecule is CNCCNC(=O)CCOc1ccc(F)cc1.Cl. The predicted octanol–water partition coefficient (Wildman–Crippen LogP) is 1.35. The van der Waals surface area contributed by atoms with Gasteiger partial charge in [0.2, 0.25) is 5.91 Å². The molecular weight excluding hydrogens is 259 g/mol. The highest BCUT2D eigenvalue weighted by Gasteiger charge is 2.01. The van der Waals surface area contributed by atoms with E-state index in [0.717, 1.165) is 6.54 Å². The van der Waals surface area contributed by atoms with Gasteiger partial charge in [0.1, 0.15) is 11.6 Å². The minimum absolute atomic E-state index is 0. The highest BCUT2D eigenvalue weighted by atomic mass is 35.5. The summed E-state index contributed by atoms with van der Waals surface area (Å²) in [6.45, 7) is 1.63. The van der Waals surface area contributed by atoms with Gasteiger partial charge < -0.3 is 15.4 Å². The van der Waals surface area contributed by atoms with Gasteiger partial charge in [0.15, 0.2) is 0 Å². The molecule has 0 radical (unpaired) electrons. The first-order valence-electron chi connectivity index (χ1n) is 5.52. The number of nitrogens with one attached hydrogen (secondary N) is 2. The van der Waals surface area contributed by atoms with Crippen LogP contribution in [-0.4, -0.2) is 32.7 Å². The zero-order chi connectivity index (χ0) is 12.5. The Morgan fingerprint density at radius 2 is 1.94 bits per heavy atom. The molecule has 0 unspecified atom stereocenters. The first-order valence-corrected chi connectivity index (χ1v) is 5.52. The summed E-state index contributed by atoms with van der Waals surface area (Å²) in [7, 11) is 1.82. The van der Waals surface area contributed by atoms with Crippen molar-refractivity contribution in [2.45, 2.75) is 6.42 Å². The number of likely N-dealkylation sites (N-methyl/N-ethyl adjacent to an activating group) is 1. The topological polar surface area (TPSA) is 50.4 Å². The number of hydrogen-bond acceptors (Lipinski definition) is 3. The molecule has 0 saturated carbocycles. The summed E-state index contributed by atoms with van der Waals surface area (Å²) >= 11 is 0. The molecule has 0 aliphatic rings. The maximum atomic E-state index is 12.6. The third-order valence-electron chi connectivity index (χ3n) is 2.11. The van der Waals surface area contributed by atoms with Gasteiger partial charge in [-0.2, -0.15) is 0 Å². The van der Waals surface area contributed by atoms with Crippen LogP contribution in [0.1, 0.15) is 6.42 Å². The third kappa shape index (κ3) is 7.09. The molecule has 18 heavy (non-hydrogen) atoms. The highest BCUT2D eigenvalue weighted by Crippen LogP contribution is 2.10. The smallest absolute Gasteiger partial charge is 0.223 e. The normalized spacial score (nSPS) is 9.44. The van der Waals surface area contributed by atoms with Crippen LogP contribution >= 0.6 is 12.4 Å². The lowest BCUT2D eigenvalue weighted by atomic mass is 10.3. The number of hydrogen-bond donors (Lipinski definition) is 2. The minimum atomic E-state index is -0.304. The lowest BCUT2D eigenvalue weighted by Crippen LogP contribution is -2.31. The number of benzene rings is 1. The Kier molecular flexibility index (Phi) is 8.96. The van der Waals surface area contributed by atoms with Gasteiger partial charge in [0.25, 0.3) is 0 Å². The average Bonchev–Trinajstić information content (AvgIpc) is 2.32. The molecule has 0 bridgehead atoms. The van der Waals surface area contributed by atoms with Crippen molar-refractivity contribution in [1.82, 2.24) is 10.6 Å². The lowest BCUT2D eigenvalue weighted by Gasteiger charge is -2.07. The number of amides is 1. The predicted molar refractivity (Wildman–Crippen MR) is 70.7 cm³/mol. The van der Waals surface area contributed by atoms with Gasteiger partial charge in [0.05, 0.1) is 13.0 Å². The van der Waals surface area contributed by atoms with Gasteiger partial charge in [-0.1, -0.05) is 0 Å². The Hall–Kier alpha value is -1.33. The largest absolute Gasteiger partial charge is 0.493 e. The molecule has 2 N–H and O–H groups in total. The van der Waals surface area contributed by atoms with Gasteiger partial charge in [-0.25, -0.2) is 4.39 Å². The van der Waals surface area contributed by atoms with Gasteiger partial charge in [0, 0.05) is 13.1 Å². The van der Waals surface area contributed by atoms with E-state index < -0.39 is 0 Å². The minimum Gasteiger partial charge on any atom is -0.493 e. The standard InChI is InChI=1S/C12H17FN2O2.ClH/c1-14-7-8-15-12(16)6-9-17-11-4-2-10(13)3-5-11;/h2-5,14H,6-9H2,1H3,(H,15,16);1H. The number of carbonyl (C=O) groups excluding carboxylic acids is 1. The van der Waals surface area contributed by atoms with E-state index in [1.54, 1.807) is 0 Å². The van der Waals surface area contributed by atoms with Crippen LogP contribution < -0.4 is 15.4 Å². The summed E-state index contributed by atoms with van der Waals surface area (Å²) in [5, 5.41) is 5.67. The molecule has 0 spiro atoms. The zero-order valence-corrected chi connectivity index (χ0v) is 11.1. The summed E-state index contributed by atoms with van der Waals surface area (Å²) in [6.07, 6.45) is 0.293. The summed E-state index contributed by atoms with van der Waals surface area (Å²) in [6, 6.07) is 5.72. The second kappa shape index (κ2) is 9.67. The Bertz CT molecular complexity index is 346. The maximum absolute atomic E-state index is 12.6. The van der Waals surface area contributed by atoms with Crippen LogP contribution in [-0.2, 0) is 4.79 Å². The van der Waals surface area contributed by atoms with Crippen molar-refractivity contribution in [3.05, 3.63) is 30.1 Å². The van der Waals surface area contributed by atoms with Gasteiger partial charge in [-0.3, -0.25) is 4.79 Å². The summed E-state index contributed by atoms with van der Waals surface area (Å²) in [5.41, 5.74) is 0. The molecule has 4 nitrogen and oxygen atoms in total. The molecule has 1 aromatic rings. The van der Waals surface area contributed by atoms with Gasteiger partial charge in [-0.15, -0.1) is 12.4 Å². The Labute approximate surface area is 112 Å². The zero-order valence-electron chi connectivity index (χ0n) is 10.2. The fourth-order valence-corrected chi connectivity index (χ4v) is 1.21. The molecular formula is C12H18ClFN2O2. The van der Waals surface area contributed by atoms with Crippen LogP contribution in [0, 0.1) is 5.82 Å². The maximum Gasteiger partial charge on any atom is 0.223 e. The van der Waals surface area contributed by atoms with E-state index in [-0.39, 0.29) is 30.7 Å². The van der Waals surface area contributed by atoms with Crippen molar-refractivity contribution in [2.75, 3.05) is 26.7 Å². The fraction of sp³-hybridized carbons (Fsp3) is 0.417. The van der Waals surface area contributed by atoms with Crippen LogP contribution in [0.4, 0.5) is 4.39 Å². The second-order valence-electron chi connectivity index (χ2n) is 3.51. The molecule has 1 amide bonds. The quantitative estimate of drug-likeness (QED) is 0.739. The summed E-state index contributed by atoms with van der Waals surface area (Å²) in [5.74, 6) is 0.207. The molecule has 0 aromatic heterocycles. The van der Waals surface area contributed by atoms with Crippen molar-refractivity contribution >= 4 is 18.3 Å². The molecule has 102 valence electrons. The van der Waals surface area contributed by atoms with E-state index in [2.05, 4.69) is 10.6 Å². The first kappa shape index (κ1) is 16.7. The van der Waals surface area contributed by atoms with Crippen LogP contribution in [0.3, 0.4) is 0 Å². The summed E-state index contributed by atoms with van der Waals surface area (Å²) in [4.78, 5) is 11.3. The fourth-order valence-electron chi connectivity index (χ4n) is 1.21. The molecule has 0 aliphatic carbocycles. The average molecular weight is 277 g/mol. The van der Waals surface area contributed by atoms with E-state index in [4.69, 9.17) is 4.74 Å². The number of rotatable bonds is 7. The molecule has 1 aromatic carbocycles. The van der Waals surface area contributed by atoms with E-state index in [0.29, 0.717) is 18.7 Å². The van der Waals surface area contributed by atoms with Gasteiger partial charge in [-0.05, 0) is 31.3 Å². The molecule has 0 saturated heterocycles. The molecule has 1 rings (SSSR count). The van der Waals surface area contributed by atoms with Crippen LogP contribution in [0.15, 0.2) is 24.3 Å². The van der Waals surface area contributed by atoms with E-state index in [1.165, 1.54) is 24.3 Å². The van der Waals surface area contributed by atoms with Crippen LogP contribution in [0.25, 0.3) is 0 Å². The van der Waals surface area contributed by atoms with Crippen LogP contribution in [0.2, 0.25) is 0 Å². The highest BCUT2D eigenvalue weighted by molar-refractivity contribution is 5.85. The third-order valence-corrected chi connectivity index (χ3v) is 2.11. The lowest BCUT2D eigenvalue weighted by molar-refractivity contribution is -0.121. The van der Waals surface area contributed by atoms with Crippen molar-refractivity contribution in [2.24, 2.45) is 0 Å². The van der Waals surface area contributed by atoms with Crippen molar-refractivity contribution in [3.63, 3.8) is 0 Å². The number of carbonyl (C=O) groups is 1. The molecule has 6 heteroatoms. The van der Waals surface area contributed by atoms with Gasteiger partial charge >= 0.3 is 0 Å². The Morgan fingerprint density at radius 1 is 1.28 bits per heavy atom. The molecule has 0 fully saturated rings. The summed E-state index contributed by atoms with van der Waals surface area (Å²) < 4.78 is 17.9. The number of halogens is 2. The van der Waals surface area contributed by atoms with Crippen molar-refractivity contribution < 1.29 is 13.9 Å². The van der Waals surface area contributed by atoms with E-state index >= 15 is 0 Å². The van der Waals surface area contributed by atoms with Crippen molar-refractivity contribution in [1.29, 1.82) is 0 Å². The monoisotopic (exact) mass is 276 g/mol. The Morgan fingerprint density at radius 3 is 2.56 bits per heavy atom. The van der Waals surface area contributed by atoms with E-state index in [9.17, 15) is 9.18 Å². The van der Waals surface area contributed by atoms with E-state index in [1.807, 2.05) is 7.05 Å².